The van der Waals surface area contributed by atoms with E-state index in [1.165, 1.54) is 15.8 Å². The number of carbonyl (C=O) groups is 2. The number of fused-ring (bicyclic) bond motifs is 3. The summed E-state index contributed by atoms with van der Waals surface area (Å²) in [5, 5.41) is 1.18. The van der Waals surface area contributed by atoms with Crippen molar-refractivity contribution in [1.29, 1.82) is 0 Å². The Morgan fingerprint density at radius 3 is 2.77 bits per heavy atom. The summed E-state index contributed by atoms with van der Waals surface area (Å²) in [7, 11) is 1.67. The van der Waals surface area contributed by atoms with E-state index in [4.69, 9.17) is 4.74 Å². The summed E-state index contributed by atoms with van der Waals surface area (Å²) in [5.74, 6) is 0.725. The van der Waals surface area contributed by atoms with Crippen molar-refractivity contribution in [1.82, 2.24) is 14.8 Å². The predicted molar refractivity (Wildman–Crippen MR) is 114 cm³/mol. The van der Waals surface area contributed by atoms with Crippen LogP contribution in [0.2, 0.25) is 0 Å². The largest absolute Gasteiger partial charge is 0.497 e. The number of hydrogen-bond donors (Lipinski definition) is 1. The van der Waals surface area contributed by atoms with Crippen LogP contribution in [0.25, 0.3) is 10.9 Å². The second kappa shape index (κ2) is 7.61. The molecule has 3 aromatic rings. The molecule has 0 radical (unpaired) electrons. The first-order chi connectivity index (χ1) is 14.6. The molecule has 6 heteroatoms. The van der Waals surface area contributed by atoms with E-state index in [0.29, 0.717) is 19.5 Å². The van der Waals surface area contributed by atoms with Crippen LogP contribution in [0.1, 0.15) is 23.2 Å². The molecule has 3 heterocycles. The van der Waals surface area contributed by atoms with E-state index in [0.717, 1.165) is 35.5 Å². The summed E-state index contributed by atoms with van der Waals surface area (Å²) in [4.78, 5) is 32.7. The van der Waals surface area contributed by atoms with Crippen molar-refractivity contribution < 1.29 is 14.3 Å². The van der Waals surface area contributed by atoms with Gasteiger partial charge < -0.3 is 9.72 Å². The standard InChI is InChI=1S/C24H25N3O3/c1-30-17-7-8-20-19(13-17)18-10-11-26(15-21(18)25-20)22-14-23(28)27(24(22)29)12-9-16-5-3-2-4-6-16/h2-8,13,22,25H,9-12,14-15H2,1H3/t22-/m1/s1. The lowest BCUT2D eigenvalue weighted by Crippen LogP contribution is -2.44. The van der Waals surface area contributed by atoms with Gasteiger partial charge in [-0.25, -0.2) is 0 Å². The molecule has 0 spiro atoms. The van der Waals surface area contributed by atoms with E-state index in [1.54, 1.807) is 7.11 Å². The van der Waals surface area contributed by atoms with Crippen LogP contribution in [0.5, 0.6) is 5.75 Å². The first kappa shape index (κ1) is 18.9. The predicted octanol–water partition coefficient (Wildman–Crippen LogP) is 2.90. The van der Waals surface area contributed by atoms with E-state index < -0.39 is 0 Å². The average molecular weight is 403 g/mol. The minimum absolute atomic E-state index is 0.0582. The molecule has 6 nitrogen and oxygen atoms in total. The van der Waals surface area contributed by atoms with Crippen LogP contribution in [0, 0.1) is 0 Å². The van der Waals surface area contributed by atoms with Gasteiger partial charge in [-0.1, -0.05) is 30.3 Å². The highest BCUT2D eigenvalue weighted by atomic mass is 16.5. The summed E-state index contributed by atoms with van der Waals surface area (Å²) in [6.07, 6.45) is 1.82. The number of aromatic amines is 1. The molecular weight excluding hydrogens is 378 g/mol. The Morgan fingerprint density at radius 1 is 1.13 bits per heavy atom. The number of aromatic nitrogens is 1. The number of likely N-dealkylation sites (tertiary alicyclic amines) is 1. The molecule has 2 aromatic carbocycles. The van der Waals surface area contributed by atoms with Crippen molar-refractivity contribution in [2.24, 2.45) is 0 Å². The zero-order valence-corrected chi connectivity index (χ0v) is 17.1. The van der Waals surface area contributed by atoms with E-state index >= 15 is 0 Å². The first-order valence-corrected chi connectivity index (χ1v) is 10.4. The summed E-state index contributed by atoms with van der Waals surface area (Å²) >= 11 is 0. The Morgan fingerprint density at radius 2 is 1.97 bits per heavy atom. The van der Waals surface area contributed by atoms with Gasteiger partial charge in [-0.05, 0) is 42.2 Å². The van der Waals surface area contributed by atoms with Gasteiger partial charge in [-0.15, -0.1) is 0 Å². The zero-order chi connectivity index (χ0) is 20.7. The van der Waals surface area contributed by atoms with Crippen LogP contribution >= 0.6 is 0 Å². The number of amides is 2. The molecular formula is C24H25N3O3. The average Bonchev–Trinajstić information content (AvgIpc) is 3.28. The second-order valence-corrected chi connectivity index (χ2v) is 8.05. The minimum atomic E-state index is -0.359. The maximum atomic E-state index is 13.0. The molecule has 2 aliphatic rings. The van der Waals surface area contributed by atoms with Gasteiger partial charge in [0.15, 0.2) is 0 Å². The van der Waals surface area contributed by atoms with Crippen molar-refractivity contribution in [3.63, 3.8) is 0 Å². The van der Waals surface area contributed by atoms with E-state index in [9.17, 15) is 9.59 Å². The van der Waals surface area contributed by atoms with Crippen molar-refractivity contribution >= 4 is 22.7 Å². The molecule has 1 N–H and O–H groups in total. The number of nitrogens with zero attached hydrogens (tertiary/aromatic N) is 2. The molecule has 0 bridgehead atoms. The number of hydrogen-bond acceptors (Lipinski definition) is 4. The molecule has 1 aromatic heterocycles. The van der Waals surface area contributed by atoms with Crippen LogP contribution in [0.15, 0.2) is 48.5 Å². The molecule has 0 aliphatic carbocycles. The third kappa shape index (κ3) is 3.27. The van der Waals surface area contributed by atoms with Gasteiger partial charge in [0.1, 0.15) is 5.75 Å². The molecule has 1 fully saturated rings. The van der Waals surface area contributed by atoms with E-state index in [-0.39, 0.29) is 24.3 Å². The van der Waals surface area contributed by atoms with Gasteiger partial charge in [0.25, 0.3) is 0 Å². The molecule has 0 unspecified atom stereocenters. The molecule has 0 saturated carbocycles. The zero-order valence-electron chi connectivity index (χ0n) is 17.1. The normalized spacial score (nSPS) is 19.5. The smallest absolute Gasteiger partial charge is 0.247 e. The highest BCUT2D eigenvalue weighted by Crippen LogP contribution is 2.32. The number of rotatable bonds is 5. The van der Waals surface area contributed by atoms with Crippen LogP contribution in [-0.4, -0.2) is 52.8 Å². The Bertz CT molecular complexity index is 1110. The monoisotopic (exact) mass is 403 g/mol. The maximum Gasteiger partial charge on any atom is 0.247 e. The Kier molecular flexibility index (Phi) is 4.79. The highest BCUT2D eigenvalue weighted by molar-refractivity contribution is 6.05. The van der Waals surface area contributed by atoms with E-state index in [2.05, 4.69) is 16.0 Å². The van der Waals surface area contributed by atoms with E-state index in [1.807, 2.05) is 42.5 Å². The fourth-order valence-electron chi connectivity index (χ4n) is 4.71. The lowest BCUT2D eigenvalue weighted by Gasteiger charge is -2.30. The fourth-order valence-corrected chi connectivity index (χ4v) is 4.71. The van der Waals surface area contributed by atoms with Gasteiger partial charge in [-0.2, -0.15) is 0 Å². The van der Waals surface area contributed by atoms with Crippen LogP contribution < -0.4 is 4.74 Å². The fraction of sp³-hybridized carbons (Fsp3) is 0.333. The third-order valence-electron chi connectivity index (χ3n) is 6.34. The number of H-pyrrole nitrogens is 1. The third-order valence-corrected chi connectivity index (χ3v) is 6.34. The van der Waals surface area contributed by atoms with Crippen molar-refractivity contribution in [3.8, 4) is 5.75 Å². The van der Waals surface area contributed by atoms with Crippen molar-refractivity contribution in [2.45, 2.75) is 31.8 Å². The number of carbonyl (C=O) groups excluding carboxylic acids is 2. The molecule has 2 aliphatic heterocycles. The summed E-state index contributed by atoms with van der Waals surface area (Å²) in [6.45, 7) is 1.87. The Hall–Kier alpha value is -3.12. The molecule has 5 rings (SSSR count). The van der Waals surface area contributed by atoms with Gasteiger partial charge in [0.05, 0.1) is 19.6 Å². The van der Waals surface area contributed by atoms with Gasteiger partial charge in [0, 0.05) is 36.2 Å². The summed E-state index contributed by atoms with van der Waals surface area (Å²) in [5.41, 5.74) is 4.64. The SMILES string of the molecule is COc1ccc2[nH]c3c(c2c1)CCN([C@@H]1CC(=O)N(CCc2ccccc2)C1=O)C3. The first-order valence-electron chi connectivity index (χ1n) is 10.4. The van der Waals surface area contributed by atoms with Crippen LogP contribution in [0.3, 0.4) is 0 Å². The number of methoxy groups -OCH3 is 1. The lowest BCUT2D eigenvalue weighted by atomic mass is 10.0. The number of benzene rings is 2. The van der Waals surface area contributed by atoms with Gasteiger partial charge in [0.2, 0.25) is 11.8 Å². The number of imide groups is 1. The van der Waals surface area contributed by atoms with Gasteiger partial charge in [-0.3, -0.25) is 19.4 Å². The number of nitrogens with one attached hydrogen (secondary N) is 1. The van der Waals surface area contributed by atoms with Crippen LogP contribution in [0.4, 0.5) is 0 Å². The van der Waals surface area contributed by atoms with Crippen molar-refractivity contribution in [2.75, 3.05) is 20.2 Å². The quantitative estimate of drug-likeness (QED) is 0.666. The molecule has 1 atom stereocenters. The minimum Gasteiger partial charge on any atom is -0.497 e. The molecule has 2 amide bonds. The molecule has 30 heavy (non-hydrogen) atoms. The lowest BCUT2D eigenvalue weighted by molar-refractivity contribution is -0.139. The molecule has 154 valence electrons. The summed E-state index contributed by atoms with van der Waals surface area (Å²) < 4.78 is 5.37. The topological polar surface area (TPSA) is 65.6 Å². The van der Waals surface area contributed by atoms with Crippen molar-refractivity contribution in [3.05, 3.63) is 65.4 Å². The number of ether oxygens (including phenoxy) is 1. The highest BCUT2D eigenvalue weighted by Gasteiger charge is 2.42. The second-order valence-electron chi connectivity index (χ2n) is 8.05. The Labute approximate surface area is 175 Å². The Balaban J connectivity index is 1.31. The van der Waals surface area contributed by atoms with Gasteiger partial charge >= 0.3 is 0 Å². The molecule has 1 saturated heterocycles. The van der Waals surface area contributed by atoms with Crippen LogP contribution in [-0.2, 0) is 29.0 Å². The maximum absolute atomic E-state index is 13.0. The summed E-state index contributed by atoms with van der Waals surface area (Å²) in [6, 6.07) is 15.7.